The lowest BCUT2D eigenvalue weighted by molar-refractivity contribution is -0.148. The summed E-state index contributed by atoms with van der Waals surface area (Å²) in [4.78, 5) is 31.7. The van der Waals surface area contributed by atoms with Gasteiger partial charge in [0.2, 0.25) is 0 Å². The predicted octanol–water partition coefficient (Wildman–Crippen LogP) is 4.56. The summed E-state index contributed by atoms with van der Waals surface area (Å²) in [6.45, 7) is 4.60. The van der Waals surface area contributed by atoms with Gasteiger partial charge in [-0.3, -0.25) is 14.6 Å². The molecule has 1 N–H and O–H groups in total. The largest absolute Gasteiger partial charge is 0.508 e. The van der Waals surface area contributed by atoms with Gasteiger partial charge in [0.15, 0.2) is 17.3 Å². The fourth-order valence-electron chi connectivity index (χ4n) is 5.22. The Morgan fingerprint density at radius 3 is 2.51 bits per heavy atom. The molecule has 1 aliphatic heterocycles. The molecule has 1 heterocycles. The van der Waals surface area contributed by atoms with E-state index in [1.54, 1.807) is 39.3 Å². The van der Waals surface area contributed by atoms with E-state index < -0.39 is 17.8 Å². The maximum atomic E-state index is 13.7. The van der Waals surface area contributed by atoms with E-state index in [9.17, 15) is 14.7 Å². The van der Waals surface area contributed by atoms with Crippen LogP contribution in [0.15, 0.2) is 58.7 Å². The average Bonchev–Trinajstić information content (AvgIpc) is 2.89. The summed E-state index contributed by atoms with van der Waals surface area (Å²) in [5, 5.41) is 10.2. The number of allylic oxidation sites excluding steroid dienone is 2. The molecule has 2 aromatic carbocycles. The smallest absolute Gasteiger partial charge is 0.315 e. The minimum atomic E-state index is -0.774. The van der Waals surface area contributed by atoms with Crippen LogP contribution in [0, 0.1) is 5.92 Å². The maximum Gasteiger partial charge on any atom is 0.315 e. The molecular formula is C29H33NO7. The molecule has 196 valence electrons. The quantitative estimate of drug-likeness (QED) is 0.392. The van der Waals surface area contributed by atoms with Crippen molar-refractivity contribution < 1.29 is 33.6 Å². The van der Waals surface area contributed by atoms with Gasteiger partial charge in [0.05, 0.1) is 20.8 Å². The molecule has 2 aromatic rings. The van der Waals surface area contributed by atoms with Gasteiger partial charge in [0.25, 0.3) is 0 Å². The van der Waals surface area contributed by atoms with Gasteiger partial charge < -0.3 is 24.1 Å². The number of benzene rings is 2. The maximum absolute atomic E-state index is 13.7. The number of Topliss-reactive ketones (excluding diaryl/α,β-unsaturated/α-hetero) is 1. The summed E-state index contributed by atoms with van der Waals surface area (Å²) < 4.78 is 21.6. The third-order valence-electron chi connectivity index (χ3n) is 6.93. The Morgan fingerprint density at radius 2 is 1.81 bits per heavy atom. The van der Waals surface area contributed by atoms with Crippen LogP contribution < -0.4 is 9.47 Å². The van der Waals surface area contributed by atoms with Gasteiger partial charge in [-0.1, -0.05) is 18.2 Å². The van der Waals surface area contributed by atoms with Crippen molar-refractivity contribution in [3.05, 3.63) is 64.9 Å². The van der Waals surface area contributed by atoms with Crippen molar-refractivity contribution in [2.45, 2.75) is 38.5 Å². The van der Waals surface area contributed by atoms with Crippen molar-refractivity contribution >= 4 is 17.5 Å². The van der Waals surface area contributed by atoms with Gasteiger partial charge in [-0.25, -0.2) is 0 Å². The summed E-state index contributed by atoms with van der Waals surface area (Å²) in [6, 6.07) is 12.4. The van der Waals surface area contributed by atoms with Crippen LogP contribution in [0.25, 0.3) is 0 Å². The summed E-state index contributed by atoms with van der Waals surface area (Å²) in [7, 11) is 3.16. The fourth-order valence-corrected chi connectivity index (χ4v) is 5.22. The molecule has 0 saturated carbocycles. The molecule has 0 amide bonds. The number of carbonyl (C=O) groups excluding carboxylic acids is 2. The second-order valence-corrected chi connectivity index (χ2v) is 9.17. The number of ether oxygens (including phenoxy) is 4. The van der Waals surface area contributed by atoms with E-state index in [1.165, 1.54) is 0 Å². The monoisotopic (exact) mass is 507 g/mol. The number of methoxy groups -OCH3 is 2. The molecule has 4 rings (SSSR count). The Kier molecular flexibility index (Phi) is 8.28. The summed E-state index contributed by atoms with van der Waals surface area (Å²) >= 11 is 0. The number of ketones is 1. The number of nitrogens with zero attached hydrogens (tertiary/aromatic N) is 1. The minimum absolute atomic E-state index is 0.0646. The van der Waals surface area contributed by atoms with Gasteiger partial charge in [-0.15, -0.1) is 0 Å². The zero-order valence-electron chi connectivity index (χ0n) is 21.7. The van der Waals surface area contributed by atoms with Crippen LogP contribution >= 0.6 is 0 Å². The first-order chi connectivity index (χ1) is 17.9. The van der Waals surface area contributed by atoms with Crippen LogP contribution in [0.5, 0.6) is 17.2 Å². The van der Waals surface area contributed by atoms with Crippen LogP contribution in [0.2, 0.25) is 0 Å². The molecule has 37 heavy (non-hydrogen) atoms. The number of aromatic hydroxyl groups is 1. The van der Waals surface area contributed by atoms with E-state index in [4.69, 9.17) is 23.9 Å². The van der Waals surface area contributed by atoms with Gasteiger partial charge in [0.1, 0.15) is 18.3 Å². The number of rotatable bonds is 9. The highest BCUT2D eigenvalue weighted by Crippen LogP contribution is 2.47. The van der Waals surface area contributed by atoms with Crippen molar-refractivity contribution in [1.82, 2.24) is 0 Å². The summed E-state index contributed by atoms with van der Waals surface area (Å²) in [5.74, 6) is -0.718. The van der Waals surface area contributed by atoms with Crippen LogP contribution in [-0.2, 0) is 19.1 Å². The number of esters is 1. The van der Waals surface area contributed by atoms with Crippen molar-refractivity contribution in [2.24, 2.45) is 10.9 Å². The molecule has 0 fully saturated rings. The zero-order valence-corrected chi connectivity index (χ0v) is 21.7. The van der Waals surface area contributed by atoms with E-state index in [0.29, 0.717) is 53.7 Å². The molecule has 0 radical (unpaired) electrons. The normalized spacial score (nSPS) is 21.2. The molecule has 8 heteroatoms. The number of phenols is 1. The van der Waals surface area contributed by atoms with Gasteiger partial charge in [-0.05, 0) is 61.6 Å². The second kappa shape index (κ2) is 11.6. The highest BCUT2D eigenvalue weighted by Gasteiger charge is 2.45. The number of hydrogen-bond acceptors (Lipinski definition) is 8. The lowest BCUT2D eigenvalue weighted by atomic mass is 9.69. The van der Waals surface area contributed by atoms with Gasteiger partial charge in [0, 0.05) is 35.9 Å². The molecule has 0 aromatic heterocycles. The second-order valence-electron chi connectivity index (χ2n) is 9.17. The Bertz CT molecular complexity index is 1230. The van der Waals surface area contributed by atoms with E-state index >= 15 is 0 Å². The SMILES string of the molecule is CCOCCOC(=O)C1C(C)=NC2=C(C(=O)C[C@H](c3ccc(OC)c(OC)c3)C2)[C@H]1c1cccc(O)c1. The minimum Gasteiger partial charge on any atom is -0.508 e. The highest BCUT2D eigenvalue weighted by molar-refractivity contribution is 6.09. The Morgan fingerprint density at radius 1 is 1.03 bits per heavy atom. The Hall–Kier alpha value is -3.65. The topological polar surface area (TPSA) is 104 Å². The molecular weight excluding hydrogens is 474 g/mol. The van der Waals surface area contributed by atoms with E-state index in [0.717, 1.165) is 5.56 Å². The lowest BCUT2D eigenvalue weighted by Gasteiger charge is -2.36. The molecule has 8 nitrogen and oxygen atoms in total. The molecule has 2 aliphatic rings. The first kappa shape index (κ1) is 26.4. The third-order valence-corrected chi connectivity index (χ3v) is 6.93. The fraction of sp³-hybridized carbons (Fsp3) is 0.414. The first-order valence-electron chi connectivity index (χ1n) is 12.4. The Labute approximate surface area is 216 Å². The predicted molar refractivity (Wildman–Crippen MR) is 138 cm³/mol. The van der Waals surface area contributed by atoms with E-state index in [2.05, 4.69) is 0 Å². The zero-order chi connectivity index (χ0) is 26.5. The van der Waals surface area contributed by atoms with Crippen LogP contribution in [-0.4, -0.2) is 56.6 Å². The molecule has 0 spiro atoms. The highest BCUT2D eigenvalue weighted by atomic mass is 16.6. The molecule has 0 bridgehead atoms. The van der Waals surface area contributed by atoms with Gasteiger partial charge in [-0.2, -0.15) is 0 Å². The van der Waals surface area contributed by atoms with Crippen molar-refractivity contribution in [2.75, 3.05) is 34.0 Å². The van der Waals surface area contributed by atoms with Crippen LogP contribution in [0.3, 0.4) is 0 Å². The summed E-state index contributed by atoms with van der Waals surface area (Å²) in [6.07, 6.45) is 0.805. The molecule has 0 saturated heterocycles. The Balaban J connectivity index is 1.71. The van der Waals surface area contributed by atoms with Gasteiger partial charge >= 0.3 is 5.97 Å². The van der Waals surface area contributed by atoms with Crippen molar-refractivity contribution in [3.63, 3.8) is 0 Å². The average molecular weight is 508 g/mol. The molecule has 1 unspecified atom stereocenters. The number of hydrogen-bond donors (Lipinski definition) is 1. The summed E-state index contributed by atoms with van der Waals surface area (Å²) in [5.41, 5.74) is 3.39. The van der Waals surface area contributed by atoms with Crippen LogP contribution in [0.1, 0.15) is 49.7 Å². The standard InChI is InChI=1S/C29H33NO7/c1-5-36-11-12-37-29(33)26-17(2)30-22-14-20(18-9-10-24(34-3)25(16-18)35-4)15-23(32)28(22)27(26)19-7-6-8-21(31)13-19/h6-10,13,16,20,26-27,31H,5,11-12,14-15H2,1-4H3/t20-,26?,27+/m1/s1. The molecule has 1 aliphatic carbocycles. The van der Waals surface area contributed by atoms with Crippen LogP contribution in [0.4, 0.5) is 0 Å². The first-order valence-corrected chi connectivity index (χ1v) is 12.4. The van der Waals surface area contributed by atoms with Crippen molar-refractivity contribution in [3.8, 4) is 17.2 Å². The van der Waals surface area contributed by atoms with E-state index in [-0.39, 0.29) is 30.5 Å². The van der Waals surface area contributed by atoms with E-state index in [1.807, 2.05) is 31.2 Å². The molecule has 3 atom stereocenters. The number of carbonyl (C=O) groups is 2. The third kappa shape index (κ3) is 5.54. The number of phenolic OH excluding ortho intramolecular Hbond substituents is 1. The lowest BCUT2D eigenvalue weighted by Crippen LogP contribution is -2.38. The number of aliphatic imine (C=N–C) groups is 1. The van der Waals surface area contributed by atoms with Crippen molar-refractivity contribution in [1.29, 1.82) is 0 Å².